The van der Waals surface area contributed by atoms with Gasteiger partial charge in [0.05, 0.1) is 11.4 Å². The van der Waals surface area contributed by atoms with Gasteiger partial charge in [-0.1, -0.05) is 24.3 Å². The van der Waals surface area contributed by atoms with Crippen LogP contribution in [0.2, 0.25) is 0 Å². The number of halogens is 4. The summed E-state index contributed by atoms with van der Waals surface area (Å²) in [6.45, 7) is 0. The van der Waals surface area contributed by atoms with E-state index < -0.39 is 32.6 Å². The van der Waals surface area contributed by atoms with Crippen LogP contribution >= 0.6 is 0 Å². The molecule has 0 fully saturated rings. The molecule has 0 radical (unpaired) electrons. The number of nitrogens with two attached hydrogens (primary N) is 1. The van der Waals surface area contributed by atoms with Crippen molar-refractivity contribution in [3.8, 4) is 16.9 Å². The maximum atomic E-state index is 14.1. The molecule has 3 aromatic rings. The molecule has 26 heavy (non-hydrogen) atoms. The average molecular weight is 385 g/mol. The van der Waals surface area contributed by atoms with E-state index in [0.29, 0.717) is 5.69 Å². The van der Waals surface area contributed by atoms with Crippen LogP contribution in [0.4, 0.5) is 17.6 Å². The molecule has 0 aliphatic rings. The van der Waals surface area contributed by atoms with E-state index in [0.717, 1.165) is 22.9 Å². The highest BCUT2D eigenvalue weighted by atomic mass is 32.2. The van der Waals surface area contributed by atoms with Crippen molar-refractivity contribution in [3.05, 3.63) is 66.1 Å². The first kappa shape index (κ1) is 18.1. The lowest BCUT2D eigenvalue weighted by molar-refractivity contribution is -0.141. The third-order valence-corrected chi connectivity index (χ3v) is 4.48. The third-order valence-electron chi connectivity index (χ3n) is 3.53. The van der Waals surface area contributed by atoms with Gasteiger partial charge in [-0.3, -0.25) is 0 Å². The van der Waals surface area contributed by atoms with Crippen LogP contribution < -0.4 is 5.14 Å². The molecule has 0 saturated carbocycles. The summed E-state index contributed by atoms with van der Waals surface area (Å²) in [6.07, 6.45) is -4.70. The standard InChI is InChI=1S/C16H11F4N3O2S/c17-12-8-10(6-7-14(12)26(21,24)25)13-9-15(16(18,19)20)22-23(13)11-4-2-1-3-5-11/h1-9H,(H2,21,24,25). The number of benzene rings is 2. The molecule has 0 spiro atoms. The van der Waals surface area contributed by atoms with Crippen LogP contribution in [0.1, 0.15) is 5.69 Å². The zero-order valence-corrected chi connectivity index (χ0v) is 13.7. The Hall–Kier alpha value is -2.72. The summed E-state index contributed by atoms with van der Waals surface area (Å²) in [7, 11) is -4.29. The average Bonchev–Trinajstić information content (AvgIpc) is 3.00. The Morgan fingerprint density at radius 3 is 2.19 bits per heavy atom. The number of alkyl halides is 3. The van der Waals surface area contributed by atoms with Gasteiger partial charge >= 0.3 is 6.18 Å². The minimum Gasteiger partial charge on any atom is -0.233 e. The first-order valence-electron chi connectivity index (χ1n) is 7.13. The van der Waals surface area contributed by atoms with E-state index in [1.807, 2.05) is 0 Å². The van der Waals surface area contributed by atoms with Gasteiger partial charge in [0.15, 0.2) is 5.69 Å². The molecule has 0 bridgehead atoms. The van der Waals surface area contributed by atoms with Gasteiger partial charge in [-0.25, -0.2) is 22.6 Å². The third kappa shape index (κ3) is 3.46. The lowest BCUT2D eigenvalue weighted by atomic mass is 10.1. The van der Waals surface area contributed by atoms with Gasteiger partial charge in [-0.15, -0.1) is 0 Å². The van der Waals surface area contributed by atoms with Gasteiger partial charge in [0.2, 0.25) is 10.0 Å². The number of sulfonamides is 1. The van der Waals surface area contributed by atoms with E-state index in [1.165, 1.54) is 18.2 Å². The van der Waals surface area contributed by atoms with Crippen LogP contribution in [0.5, 0.6) is 0 Å². The maximum Gasteiger partial charge on any atom is 0.435 e. The Labute approximate surface area is 145 Å². The van der Waals surface area contributed by atoms with Gasteiger partial charge in [0.1, 0.15) is 10.7 Å². The molecule has 0 amide bonds. The fourth-order valence-electron chi connectivity index (χ4n) is 2.38. The van der Waals surface area contributed by atoms with Gasteiger partial charge in [-0.2, -0.15) is 18.3 Å². The molecule has 0 atom stereocenters. The van der Waals surface area contributed by atoms with Crippen molar-refractivity contribution in [1.29, 1.82) is 0 Å². The maximum absolute atomic E-state index is 14.1. The van der Waals surface area contributed by atoms with Crippen LogP contribution in [-0.4, -0.2) is 18.2 Å². The Kier molecular flexibility index (Phi) is 4.32. The van der Waals surface area contributed by atoms with E-state index in [2.05, 4.69) is 5.10 Å². The molecule has 5 nitrogen and oxygen atoms in total. The van der Waals surface area contributed by atoms with Crippen molar-refractivity contribution < 1.29 is 26.0 Å². The molecule has 136 valence electrons. The highest BCUT2D eigenvalue weighted by Crippen LogP contribution is 2.33. The fraction of sp³-hybridized carbons (Fsp3) is 0.0625. The molecule has 0 aliphatic carbocycles. The number of primary sulfonamides is 1. The van der Waals surface area contributed by atoms with Gasteiger partial charge < -0.3 is 0 Å². The van der Waals surface area contributed by atoms with Crippen molar-refractivity contribution >= 4 is 10.0 Å². The number of para-hydroxylation sites is 1. The second kappa shape index (κ2) is 6.22. The highest BCUT2D eigenvalue weighted by Gasteiger charge is 2.35. The molecule has 2 N–H and O–H groups in total. The lowest BCUT2D eigenvalue weighted by Gasteiger charge is -2.09. The Morgan fingerprint density at radius 1 is 1.00 bits per heavy atom. The minimum absolute atomic E-state index is 0.0155. The van der Waals surface area contributed by atoms with Crippen LogP contribution in [-0.2, 0) is 16.2 Å². The molecule has 0 unspecified atom stereocenters. The molecule has 1 heterocycles. The van der Waals surface area contributed by atoms with E-state index in [4.69, 9.17) is 5.14 Å². The summed E-state index contributed by atoms with van der Waals surface area (Å²) in [5, 5.41) is 8.45. The zero-order valence-electron chi connectivity index (χ0n) is 12.9. The molecule has 1 aromatic heterocycles. The van der Waals surface area contributed by atoms with Gasteiger partial charge in [0.25, 0.3) is 0 Å². The van der Waals surface area contributed by atoms with E-state index >= 15 is 0 Å². The fourth-order valence-corrected chi connectivity index (χ4v) is 2.97. The molecular formula is C16H11F4N3O2S. The lowest BCUT2D eigenvalue weighted by Crippen LogP contribution is -2.14. The van der Waals surface area contributed by atoms with E-state index in [-0.39, 0.29) is 11.3 Å². The van der Waals surface area contributed by atoms with Crippen molar-refractivity contribution in [2.75, 3.05) is 0 Å². The predicted octanol–water partition coefficient (Wildman–Crippen LogP) is 3.34. The SMILES string of the molecule is NS(=O)(=O)c1ccc(-c2cc(C(F)(F)F)nn2-c2ccccc2)cc1F. The number of hydrogen-bond donors (Lipinski definition) is 1. The Morgan fingerprint density at radius 2 is 1.65 bits per heavy atom. The molecular weight excluding hydrogens is 374 g/mol. The van der Waals surface area contributed by atoms with E-state index in [9.17, 15) is 26.0 Å². The van der Waals surface area contributed by atoms with Gasteiger partial charge in [0, 0.05) is 5.56 Å². The van der Waals surface area contributed by atoms with Crippen LogP contribution in [0.3, 0.4) is 0 Å². The number of rotatable bonds is 3. The molecule has 0 saturated heterocycles. The Balaban J connectivity index is 2.21. The van der Waals surface area contributed by atoms with Crippen molar-refractivity contribution in [1.82, 2.24) is 9.78 Å². The molecule has 0 aliphatic heterocycles. The summed E-state index contributed by atoms with van der Waals surface area (Å²) in [5.74, 6) is -1.17. The van der Waals surface area contributed by atoms with Crippen LogP contribution in [0, 0.1) is 5.82 Å². The Bertz CT molecular complexity index is 1060. The summed E-state index contributed by atoms with van der Waals surface area (Å²) < 4.78 is 76.9. The molecule has 3 rings (SSSR count). The largest absolute Gasteiger partial charge is 0.435 e. The summed E-state index contributed by atoms with van der Waals surface area (Å²) in [5.41, 5.74) is -0.869. The zero-order chi connectivity index (χ0) is 19.1. The smallest absolute Gasteiger partial charge is 0.233 e. The number of hydrogen-bond acceptors (Lipinski definition) is 3. The van der Waals surface area contributed by atoms with Crippen molar-refractivity contribution in [2.24, 2.45) is 5.14 Å². The minimum atomic E-state index is -4.70. The predicted molar refractivity (Wildman–Crippen MR) is 85.3 cm³/mol. The highest BCUT2D eigenvalue weighted by molar-refractivity contribution is 7.89. The van der Waals surface area contributed by atoms with Gasteiger partial charge in [-0.05, 0) is 30.3 Å². The summed E-state index contributed by atoms with van der Waals surface area (Å²) in [4.78, 5) is -0.747. The second-order valence-corrected chi connectivity index (χ2v) is 6.88. The van der Waals surface area contributed by atoms with Crippen LogP contribution in [0.25, 0.3) is 16.9 Å². The van der Waals surface area contributed by atoms with E-state index in [1.54, 1.807) is 18.2 Å². The molecule has 10 heteroatoms. The van der Waals surface area contributed by atoms with Crippen molar-refractivity contribution in [2.45, 2.75) is 11.1 Å². The first-order chi connectivity index (χ1) is 12.1. The summed E-state index contributed by atoms with van der Waals surface area (Å²) in [6, 6.07) is 11.6. The normalized spacial score (nSPS) is 12.3. The quantitative estimate of drug-likeness (QED) is 0.703. The monoisotopic (exact) mass is 385 g/mol. The number of aromatic nitrogens is 2. The number of nitrogens with zero attached hydrogens (tertiary/aromatic N) is 2. The van der Waals surface area contributed by atoms with Crippen LogP contribution in [0.15, 0.2) is 59.5 Å². The summed E-state index contributed by atoms with van der Waals surface area (Å²) >= 11 is 0. The van der Waals surface area contributed by atoms with Crippen molar-refractivity contribution in [3.63, 3.8) is 0 Å². The first-order valence-corrected chi connectivity index (χ1v) is 8.67. The topological polar surface area (TPSA) is 78.0 Å². The second-order valence-electron chi connectivity index (χ2n) is 5.35. The molecule has 2 aromatic carbocycles.